The fraction of sp³-hybridized carbons (Fsp3) is 0.462. The number of aryl methyl sites for hydroxylation is 2. The van der Waals surface area contributed by atoms with Crippen LogP contribution in [0.25, 0.3) is 0 Å². The van der Waals surface area contributed by atoms with E-state index >= 15 is 0 Å². The zero-order valence-electron chi connectivity index (χ0n) is 20.0. The Balaban J connectivity index is 2.24. The molecular weight excluding hydrogens is 407 g/mol. The third-order valence-electron chi connectivity index (χ3n) is 5.45. The van der Waals surface area contributed by atoms with Gasteiger partial charge in [0.15, 0.2) is 6.61 Å². The monoisotopic (exact) mass is 442 g/mol. The molecule has 0 aliphatic carbocycles. The lowest BCUT2D eigenvalue weighted by Gasteiger charge is -2.31. The first-order valence-electron chi connectivity index (χ1n) is 11.1. The summed E-state index contributed by atoms with van der Waals surface area (Å²) in [6, 6.07) is 9.30. The zero-order valence-corrected chi connectivity index (χ0v) is 20.0. The van der Waals surface area contributed by atoms with Crippen LogP contribution >= 0.6 is 0 Å². The molecule has 2 rings (SSSR count). The molecule has 174 valence electrons. The van der Waals surface area contributed by atoms with E-state index in [-0.39, 0.29) is 30.8 Å². The topological polar surface area (TPSA) is 58.6 Å². The van der Waals surface area contributed by atoms with Gasteiger partial charge in [-0.3, -0.25) is 9.59 Å². The molecule has 0 aromatic heterocycles. The second-order valence-electron chi connectivity index (χ2n) is 8.70. The minimum Gasteiger partial charge on any atom is -0.483 e. The minimum absolute atomic E-state index is 0.182. The Morgan fingerprint density at radius 1 is 1.09 bits per heavy atom. The lowest BCUT2D eigenvalue weighted by Crippen LogP contribution is -2.50. The molecule has 0 bridgehead atoms. The van der Waals surface area contributed by atoms with Gasteiger partial charge >= 0.3 is 0 Å². The van der Waals surface area contributed by atoms with Crippen LogP contribution in [-0.4, -0.2) is 35.9 Å². The molecule has 0 radical (unpaired) electrons. The van der Waals surface area contributed by atoms with Gasteiger partial charge in [-0.2, -0.15) is 0 Å². The van der Waals surface area contributed by atoms with Crippen molar-refractivity contribution < 1.29 is 18.7 Å². The molecule has 32 heavy (non-hydrogen) atoms. The number of ether oxygens (including phenoxy) is 1. The SMILES string of the molecule is CCC(C(=O)NCC(C)C)N(Cc1ccc(F)cc1)C(=O)COc1cc(C)cc(C)c1C. The van der Waals surface area contributed by atoms with E-state index in [0.717, 1.165) is 22.3 Å². The van der Waals surface area contributed by atoms with Crippen molar-refractivity contribution in [3.05, 3.63) is 64.5 Å². The second kappa shape index (κ2) is 11.7. The molecule has 2 amide bonds. The quantitative estimate of drug-likeness (QED) is 0.580. The largest absolute Gasteiger partial charge is 0.483 e. The summed E-state index contributed by atoms with van der Waals surface area (Å²) in [5.41, 5.74) is 3.88. The summed E-state index contributed by atoms with van der Waals surface area (Å²) >= 11 is 0. The average Bonchev–Trinajstić information content (AvgIpc) is 2.74. The minimum atomic E-state index is -0.643. The molecule has 6 heteroatoms. The molecule has 0 aliphatic heterocycles. The van der Waals surface area contributed by atoms with Gasteiger partial charge in [0, 0.05) is 13.1 Å². The maximum absolute atomic E-state index is 13.4. The summed E-state index contributed by atoms with van der Waals surface area (Å²) in [5, 5.41) is 2.93. The van der Waals surface area contributed by atoms with E-state index in [4.69, 9.17) is 4.74 Å². The molecule has 5 nitrogen and oxygen atoms in total. The van der Waals surface area contributed by atoms with Crippen molar-refractivity contribution in [2.75, 3.05) is 13.2 Å². The number of rotatable bonds is 10. The summed E-state index contributed by atoms with van der Waals surface area (Å²) in [6.45, 7) is 12.4. The molecule has 1 unspecified atom stereocenters. The number of carbonyl (C=O) groups is 2. The summed E-state index contributed by atoms with van der Waals surface area (Å²) < 4.78 is 19.2. The van der Waals surface area contributed by atoms with Crippen molar-refractivity contribution in [2.24, 2.45) is 5.92 Å². The van der Waals surface area contributed by atoms with Gasteiger partial charge in [-0.05, 0) is 73.6 Å². The van der Waals surface area contributed by atoms with Crippen molar-refractivity contribution in [1.82, 2.24) is 10.2 Å². The van der Waals surface area contributed by atoms with Crippen LogP contribution in [0.3, 0.4) is 0 Å². The fourth-order valence-corrected chi connectivity index (χ4v) is 3.50. The van der Waals surface area contributed by atoms with Crippen LogP contribution in [0.2, 0.25) is 0 Å². The maximum Gasteiger partial charge on any atom is 0.261 e. The van der Waals surface area contributed by atoms with Gasteiger partial charge in [0.2, 0.25) is 5.91 Å². The van der Waals surface area contributed by atoms with Crippen LogP contribution in [0.5, 0.6) is 5.75 Å². The van der Waals surface area contributed by atoms with Gasteiger partial charge in [-0.1, -0.05) is 39.0 Å². The number of hydrogen-bond acceptors (Lipinski definition) is 3. The number of hydrogen-bond donors (Lipinski definition) is 1. The molecule has 2 aromatic carbocycles. The van der Waals surface area contributed by atoms with E-state index in [1.807, 2.05) is 47.6 Å². The Labute approximate surface area is 191 Å². The number of amides is 2. The smallest absolute Gasteiger partial charge is 0.261 e. The molecule has 0 aliphatic rings. The Morgan fingerprint density at radius 2 is 1.75 bits per heavy atom. The number of benzene rings is 2. The van der Waals surface area contributed by atoms with E-state index in [9.17, 15) is 14.0 Å². The Hall–Kier alpha value is -2.89. The van der Waals surface area contributed by atoms with Crippen molar-refractivity contribution in [3.8, 4) is 5.75 Å². The van der Waals surface area contributed by atoms with Gasteiger partial charge in [0.1, 0.15) is 17.6 Å². The van der Waals surface area contributed by atoms with Crippen LogP contribution in [0.1, 0.15) is 49.4 Å². The normalized spacial score (nSPS) is 11.9. The Bertz CT molecular complexity index is 925. The fourth-order valence-electron chi connectivity index (χ4n) is 3.50. The van der Waals surface area contributed by atoms with Gasteiger partial charge < -0.3 is 15.0 Å². The maximum atomic E-state index is 13.4. The molecule has 0 heterocycles. The first-order chi connectivity index (χ1) is 15.1. The van der Waals surface area contributed by atoms with Crippen molar-refractivity contribution in [2.45, 2.75) is 60.5 Å². The van der Waals surface area contributed by atoms with Crippen molar-refractivity contribution in [3.63, 3.8) is 0 Å². The number of carbonyl (C=O) groups excluding carboxylic acids is 2. The van der Waals surface area contributed by atoms with Crippen LogP contribution in [0.4, 0.5) is 4.39 Å². The van der Waals surface area contributed by atoms with E-state index in [1.165, 1.54) is 17.0 Å². The lowest BCUT2D eigenvalue weighted by molar-refractivity contribution is -0.143. The van der Waals surface area contributed by atoms with Crippen LogP contribution in [0, 0.1) is 32.5 Å². The third-order valence-corrected chi connectivity index (χ3v) is 5.45. The Kier molecular flexibility index (Phi) is 9.24. The average molecular weight is 443 g/mol. The molecule has 0 saturated heterocycles. The summed E-state index contributed by atoms with van der Waals surface area (Å²) in [4.78, 5) is 27.7. The third kappa shape index (κ3) is 7.08. The standard InChI is InChI=1S/C26H35FN2O3/c1-7-23(26(31)28-14-17(2)3)29(15-21-8-10-22(27)11-9-21)25(30)16-32-24-13-18(4)12-19(5)20(24)6/h8-13,17,23H,7,14-16H2,1-6H3,(H,28,31). The highest BCUT2D eigenvalue weighted by Crippen LogP contribution is 2.23. The summed E-state index contributed by atoms with van der Waals surface area (Å²) in [7, 11) is 0. The molecular formula is C26H35FN2O3. The van der Waals surface area contributed by atoms with Gasteiger partial charge in [-0.15, -0.1) is 0 Å². The molecule has 1 N–H and O–H groups in total. The van der Waals surface area contributed by atoms with E-state index in [2.05, 4.69) is 11.4 Å². The molecule has 2 aromatic rings. The highest BCUT2D eigenvalue weighted by atomic mass is 19.1. The Morgan fingerprint density at radius 3 is 2.34 bits per heavy atom. The molecule has 0 spiro atoms. The van der Waals surface area contributed by atoms with E-state index < -0.39 is 6.04 Å². The summed E-state index contributed by atoms with van der Waals surface area (Å²) in [6.07, 6.45) is 0.458. The van der Waals surface area contributed by atoms with E-state index in [1.54, 1.807) is 12.1 Å². The highest BCUT2D eigenvalue weighted by Gasteiger charge is 2.29. The van der Waals surface area contributed by atoms with Crippen LogP contribution < -0.4 is 10.1 Å². The molecule has 0 saturated carbocycles. The number of nitrogens with zero attached hydrogens (tertiary/aromatic N) is 1. The first kappa shape index (κ1) is 25.4. The first-order valence-corrected chi connectivity index (χ1v) is 11.1. The van der Waals surface area contributed by atoms with Crippen molar-refractivity contribution in [1.29, 1.82) is 0 Å². The highest BCUT2D eigenvalue weighted by molar-refractivity contribution is 5.88. The molecule has 0 fully saturated rings. The van der Waals surface area contributed by atoms with E-state index in [0.29, 0.717) is 24.6 Å². The second-order valence-corrected chi connectivity index (χ2v) is 8.70. The zero-order chi connectivity index (χ0) is 23.8. The molecule has 1 atom stereocenters. The van der Waals surface area contributed by atoms with Gasteiger partial charge in [0.05, 0.1) is 0 Å². The number of halogens is 1. The van der Waals surface area contributed by atoms with Crippen molar-refractivity contribution >= 4 is 11.8 Å². The summed E-state index contributed by atoms with van der Waals surface area (Å²) in [5.74, 6) is 0.129. The van der Waals surface area contributed by atoms with Crippen LogP contribution in [0.15, 0.2) is 36.4 Å². The predicted molar refractivity (Wildman–Crippen MR) is 125 cm³/mol. The van der Waals surface area contributed by atoms with Gasteiger partial charge in [-0.25, -0.2) is 4.39 Å². The predicted octanol–water partition coefficient (Wildman–Crippen LogP) is 4.71. The van der Waals surface area contributed by atoms with Gasteiger partial charge in [0.25, 0.3) is 5.91 Å². The van der Waals surface area contributed by atoms with Crippen LogP contribution in [-0.2, 0) is 16.1 Å². The number of nitrogens with one attached hydrogen (secondary N) is 1. The lowest BCUT2D eigenvalue weighted by atomic mass is 10.1.